The highest BCUT2D eigenvalue weighted by atomic mass is 32.2. The summed E-state index contributed by atoms with van der Waals surface area (Å²) in [5.41, 5.74) is 3.33. The monoisotopic (exact) mass is 450 g/mol. The Morgan fingerprint density at radius 3 is 2.19 bits per heavy atom. The zero-order valence-corrected chi connectivity index (χ0v) is 18.8. The molecule has 1 amide bonds. The van der Waals surface area contributed by atoms with Crippen LogP contribution in [0.4, 0.5) is 0 Å². The number of amides is 1. The molecule has 0 radical (unpaired) electrons. The zero-order valence-electron chi connectivity index (χ0n) is 18.0. The average Bonchev–Trinajstić information content (AvgIpc) is 3.39. The van der Waals surface area contributed by atoms with Crippen LogP contribution in [0.15, 0.2) is 77.7 Å². The van der Waals surface area contributed by atoms with Crippen LogP contribution in [-0.2, 0) is 16.6 Å². The molecule has 0 spiro atoms. The molecule has 0 aromatic heterocycles. The van der Waals surface area contributed by atoms with Gasteiger partial charge in [0.25, 0.3) is 5.91 Å². The van der Waals surface area contributed by atoms with Crippen molar-refractivity contribution in [2.75, 3.05) is 20.2 Å². The maximum atomic E-state index is 12.7. The maximum Gasteiger partial charge on any atom is 0.251 e. The van der Waals surface area contributed by atoms with Crippen LogP contribution >= 0.6 is 0 Å². The number of ether oxygens (including phenoxy) is 1. The molecule has 1 heterocycles. The van der Waals surface area contributed by atoms with Gasteiger partial charge in [-0.05, 0) is 65.9 Å². The highest BCUT2D eigenvalue weighted by Crippen LogP contribution is 2.25. The topological polar surface area (TPSA) is 75.7 Å². The van der Waals surface area contributed by atoms with Gasteiger partial charge in [0, 0.05) is 25.2 Å². The minimum absolute atomic E-state index is 0.161. The van der Waals surface area contributed by atoms with Gasteiger partial charge in [-0.15, -0.1) is 0 Å². The van der Waals surface area contributed by atoms with Crippen molar-refractivity contribution in [1.29, 1.82) is 0 Å². The number of carbonyl (C=O) groups is 1. The molecule has 3 aromatic carbocycles. The van der Waals surface area contributed by atoms with Crippen LogP contribution in [0.3, 0.4) is 0 Å². The normalized spacial score (nSPS) is 14.3. The van der Waals surface area contributed by atoms with Gasteiger partial charge in [0.2, 0.25) is 10.0 Å². The molecule has 166 valence electrons. The lowest BCUT2D eigenvalue weighted by molar-refractivity contribution is 0.0951. The number of rotatable bonds is 7. The third-order valence-electron chi connectivity index (χ3n) is 5.62. The minimum Gasteiger partial charge on any atom is -0.497 e. The summed E-state index contributed by atoms with van der Waals surface area (Å²) in [6.07, 6.45) is 1.83. The first-order valence-electron chi connectivity index (χ1n) is 10.6. The molecular weight excluding hydrogens is 424 g/mol. The number of hydrogen-bond acceptors (Lipinski definition) is 4. The van der Waals surface area contributed by atoms with E-state index in [-0.39, 0.29) is 5.91 Å². The Morgan fingerprint density at radius 1 is 0.938 bits per heavy atom. The van der Waals surface area contributed by atoms with Crippen LogP contribution in [0, 0.1) is 0 Å². The van der Waals surface area contributed by atoms with Gasteiger partial charge in [-0.1, -0.05) is 36.4 Å². The Balaban J connectivity index is 1.41. The second-order valence-corrected chi connectivity index (χ2v) is 9.69. The number of sulfonamides is 1. The number of benzene rings is 3. The maximum absolute atomic E-state index is 12.7. The average molecular weight is 451 g/mol. The van der Waals surface area contributed by atoms with Crippen LogP contribution in [0.1, 0.15) is 28.8 Å². The number of nitrogens with zero attached hydrogens (tertiary/aromatic N) is 1. The number of hydrogen-bond donors (Lipinski definition) is 1. The molecule has 4 rings (SSSR count). The van der Waals surface area contributed by atoms with Crippen molar-refractivity contribution in [3.63, 3.8) is 0 Å². The van der Waals surface area contributed by atoms with E-state index in [1.165, 1.54) is 0 Å². The van der Waals surface area contributed by atoms with Gasteiger partial charge < -0.3 is 10.1 Å². The van der Waals surface area contributed by atoms with Gasteiger partial charge in [-0.25, -0.2) is 8.42 Å². The summed E-state index contributed by atoms with van der Waals surface area (Å²) in [6, 6.07) is 21.7. The highest BCUT2D eigenvalue weighted by molar-refractivity contribution is 7.89. The predicted octanol–water partition coefficient (Wildman–Crippen LogP) is 4.08. The molecule has 1 saturated heterocycles. The molecule has 1 fully saturated rings. The van der Waals surface area contributed by atoms with E-state index in [9.17, 15) is 13.2 Å². The van der Waals surface area contributed by atoms with Gasteiger partial charge >= 0.3 is 0 Å². The Morgan fingerprint density at radius 2 is 1.56 bits per heavy atom. The van der Waals surface area contributed by atoms with E-state index >= 15 is 0 Å². The molecule has 6 nitrogen and oxygen atoms in total. The van der Waals surface area contributed by atoms with Crippen LogP contribution in [-0.4, -0.2) is 38.8 Å². The Labute approximate surface area is 188 Å². The first-order chi connectivity index (χ1) is 15.5. The number of carbonyl (C=O) groups excluding carboxylic acids is 1. The fourth-order valence-corrected chi connectivity index (χ4v) is 5.29. The molecule has 32 heavy (non-hydrogen) atoms. The quantitative estimate of drug-likeness (QED) is 0.589. The fourth-order valence-electron chi connectivity index (χ4n) is 3.78. The lowest BCUT2D eigenvalue weighted by Gasteiger charge is -2.15. The lowest BCUT2D eigenvalue weighted by Crippen LogP contribution is -2.27. The van der Waals surface area contributed by atoms with Crippen molar-refractivity contribution >= 4 is 15.9 Å². The van der Waals surface area contributed by atoms with Crippen LogP contribution in [0.5, 0.6) is 5.75 Å². The van der Waals surface area contributed by atoms with E-state index in [0.717, 1.165) is 35.3 Å². The first-order valence-corrected chi connectivity index (χ1v) is 12.0. The zero-order chi connectivity index (χ0) is 22.6. The molecule has 7 heteroatoms. The van der Waals surface area contributed by atoms with E-state index < -0.39 is 10.0 Å². The van der Waals surface area contributed by atoms with Crippen LogP contribution < -0.4 is 10.1 Å². The van der Waals surface area contributed by atoms with Gasteiger partial charge in [-0.2, -0.15) is 4.31 Å². The summed E-state index contributed by atoms with van der Waals surface area (Å²) in [5, 5.41) is 2.91. The van der Waals surface area contributed by atoms with E-state index in [0.29, 0.717) is 30.1 Å². The molecule has 1 aliphatic rings. The largest absolute Gasteiger partial charge is 0.497 e. The molecule has 0 unspecified atom stereocenters. The van der Waals surface area contributed by atoms with Crippen LogP contribution in [0.25, 0.3) is 11.1 Å². The molecule has 0 bridgehead atoms. The fraction of sp³-hybridized carbons (Fsp3) is 0.240. The lowest BCUT2D eigenvalue weighted by atomic mass is 10.0. The molecule has 0 aliphatic carbocycles. The second-order valence-electron chi connectivity index (χ2n) is 7.75. The van der Waals surface area contributed by atoms with Crippen molar-refractivity contribution in [1.82, 2.24) is 9.62 Å². The summed E-state index contributed by atoms with van der Waals surface area (Å²) in [6.45, 7) is 1.58. The third kappa shape index (κ3) is 4.84. The Hall–Kier alpha value is -3.16. The molecule has 0 atom stereocenters. The van der Waals surface area contributed by atoms with Crippen molar-refractivity contribution in [3.05, 3.63) is 83.9 Å². The Bertz CT molecular complexity index is 1180. The van der Waals surface area contributed by atoms with Crippen molar-refractivity contribution < 1.29 is 17.9 Å². The molecule has 0 saturated carbocycles. The number of nitrogens with one attached hydrogen (secondary N) is 1. The van der Waals surface area contributed by atoms with Gasteiger partial charge in [0.05, 0.1) is 12.0 Å². The predicted molar refractivity (Wildman–Crippen MR) is 124 cm³/mol. The molecule has 1 aliphatic heterocycles. The van der Waals surface area contributed by atoms with E-state index in [1.807, 2.05) is 36.4 Å². The standard InChI is InChI=1S/C25H26N2O4S/c1-31-23-6-4-5-19(17-23)18-26-25(28)22-9-7-20(8-10-22)21-11-13-24(14-12-21)32(29,30)27-15-2-3-16-27/h4-14,17H,2-3,15-16,18H2,1H3,(H,26,28). The van der Waals surface area contributed by atoms with E-state index in [2.05, 4.69) is 5.32 Å². The van der Waals surface area contributed by atoms with Gasteiger partial charge in [0.1, 0.15) is 5.75 Å². The molecule has 3 aromatic rings. The summed E-state index contributed by atoms with van der Waals surface area (Å²) in [5.74, 6) is 0.590. The van der Waals surface area contributed by atoms with Crippen LogP contribution in [0.2, 0.25) is 0 Å². The molecule has 1 N–H and O–H groups in total. The van der Waals surface area contributed by atoms with E-state index in [4.69, 9.17) is 4.74 Å². The summed E-state index contributed by atoms with van der Waals surface area (Å²) in [7, 11) is -1.81. The SMILES string of the molecule is COc1cccc(CNC(=O)c2ccc(-c3ccc(S(=O)(=O)N4CCCC4)cc3)cc2)c1. The highest BCUT2D eigenvalue weighted by Gasteiger charge is 2.26. The minimum atomic E-state index is -3.42. The smallest absolute Gasteiger partial charge is 0.251 e. The first kappa shape index (κ1) is 22.0. The van der Waals surface area contributed by atoms with Crippen molar-refractivity contribution in [3.8, 4) is 16.9 Å². The summed E-state index contributed by atoms with van der Waals surface area (Å²) >= 11 is 0. The second kappa shape index (κ2) is 9.54. The summed E-state index contributed by atoms with van der Waals surface area (Å²) < 4.78 is 32.1. The van der Waals surface area contributed by atoms with E-state index in [1.54, 1.807) is 47.8 Å². The number of methoxy groups -OCH3 is 1. The molecular formula is C25H26N2O4S. The van der Waals surface area contributed by atoms with Gasteiger partial charge in [-0.3, -0.25) is 4.79 Å². The third-order valence-corrected chi connectivity index (χ3v) is 7.54. The van der Waals surface area contributed by atoms with Crippen molar-refractivity contribution in [2.24, 2.45) is 0 Å². The Kier molecular flexibility index (Phi) is 6.58. The summed E-state index contributed by atoms with van der Waals surface area (Å²) in [4.78, 5) is 12.8. The van der Waals surface area contributed by atoms with Gasteiger partial charge in [0.15, 0.2) is 0 Å². The van der Waals surface area contributed by atoms with Crippen molar-refractivity contribution in [2.45, 2.75) is 24.3 Å².